The number of carbonyl (C=O) groups is 1. The van der Waals surface area contributed by atoms with E-state index in [4.69, 9.17) is 4.42 Å². The van der Waals surface area contributed by atoms with Gasteiger partial charge in [-0.15, -0.1) is 11.3 Å². The summed E-state index contributed by atoms with van der Waals surface area (Å²) in [5.74, 6) is 1.40. The van der Waals surface area contributed by atoms with Gasteiger partial charge >= 0.3 is 0 Å². The average molecular weight is 411 g/mol. The lowest BCUT2D eigenvalue weighted by Crippen LogP contribution is -2.48. The van der Waals surface area contributed by atoms with Gasteiger partial charge in [0.15, 0.2) is 0 Å². The van der Waals surface area contributed by atoms with Crippen molar-refractivity contribution in [2.24, 2.45) is 0 Å². The Morgan fingerprint density at radius 1 is 1.14 bits per heavy atom. The predicted octanol–water partition coefficient (Wildman–Crippen LogP) is 3.56. The van der Waals surface area contributed by atoms with Crippen LogP contribution in [-0.2, 0) is 24.2 Å². The Morgan fingerprint density at radius 2 is 1.90 bits per heavy atom. The van der Waals surface area contributed by atoms with Gasteiger partial charge in [-0.25, -0.2) is 9.97 Å². The quantitative estimate of drug-likeness (QED) is 0.622. The van der Waals surface area contributed by atoms with Gasteiger partial charge in [0, 0.05) is 43.7 Å². The molecule has 2 aromatic heterocycles. The highest BCUT2D eigenvalue weighted by Gasteiger charge is 2.23. The molecule has 0 atom stereocenters. The zero-order valence-electron chi connectivity index (χ0n) is 16.9. The minimum absolute atomic E-state index is 0.114. The highest BCUT2D eigenvalue weighted by atomic mass is 32.1. The number of carbonyl (C=O) groups excluding carboxylic acids is 1. The van der Waals surface area contributed by atoms with Crippen LogP contribution in [0.4, 0.5) is 0 Å². The number of aryl methyl sites for hydroxylation is 2. The van der Waals surface area contributed by atoms with Gasteiger partial charge in [-0.2, -0.15) is 0 Å². The molecule has 3 aromatic rings. The maximum Gasteiger partial charge on any atom is 0.228 e. The second-order valence-corrected chi connectivity index (χ2v) is 8.25. The molecule has 0 radical (unpaired) electrons. The van der Waals surface area contributed by atoms with E-state index in [2.05, 4.69) is 27.2 Å². The molecule has 7 heteroatoms. The fourth-order valence-corrected chi connectivity index (χ4v) is 4.26. The molecule has 4 rings (SSSR count). The zero-order valence-corrected chi connectivity index (χ0v) is 17.7. The van der Waals surface area contributed by atoms with Crippen LogP contribution in [0.2, 0.25) is 0 Å². The van der Waals surface area contributed by atoms with Crippen molar-refractivity contribution in [1.29, 1.82) is 0 Å². The lowest BCUT2D eigenvalue weighted by atomic mass is 10.2. The number of hydrogen-bond acceptors (Lipinski definition) is 6. The minimum atomic E-state index is 0.114. The molecule has 1 amide bonds. The Hall–Kier alpha value is -2.51. The average Bonchev–Trinajstić information content (AvgIpc) is 3.35. The molecule has 6 nitrogen and oxygen atoms in total. The molecule has 0 spiro atoms. The monoisotopic (exact) mass is 410 g/mol. The third-order valence-corrected chi connectivity index (χ3v) is 6.29. The molecular weight excluding hydrogens is 384 g/mol. The lowest BCUT2D eigenvalue weighted by Gasteiger charge is -2.34. The van der Waals surface area contributed by atoms with Crippen LogP contribution < -0.4 is 0 Å². The summed E-state index contributed by atoms with van der Waals surface area (Å²) in [5.41, 5.74) is 2.79. The van der Waals surface area contributed by atoms with E-state index < -0.39 is 0 Å². The molecule has 152 valence electrons. The molecule has 1 fully saturated rings. The van der Waals surface area contributed by atoms with Crippen LogP contribution in [-0.4, -0.2) is 51.9 Å². The number of piperazine rings is 1. The van der Waals surface area contributed by atoms with Crippen LogP contribution >= 0.6 is 11.3 Å². The van der Waals surface area contributed by atoms with E-state index in [0.717, 1.165) is 56.1 Å². The first-order valence-corrected chi connectivity index (χ1v) is 11.0. The van der Waals surface area contributed by atoms with E-state index >= 15 is 0 Å². The zero-order chi connectivity index (χ0) is 20.2. The standard InChI is InChI=1S/C22H26N4O2S/c1-3-20-23-18(15-29-20)14-25-9-11-26(12-10-25)21(27)13-19-16(2)28-22(24-19)17-7-5-4-6-8-17/h4-8,15H,3,9-14H2,1-2H3. The first kappa shape index (κ1) is 19.8. The van der Waals surface area contributed by atoms with Crippen molar-refractivity contribution in [2.75, 3.05) is 26.2 Å². The van der Waals surface area contributed by atoms with Crippen LogP contribution in [0.15, 0.2) is 40.1 Å². The summed E-state index contributed by atoms with van der Waals surface area (Å²) >= 11 is 1.73. The van der Waals surface area contributed by atoms with Crippen LogP contribution in [0.3, 0.4) is 0 Å². The third kappa shape index (κ3) is 4.74. The van der Waals surface area contributed by atoms with Gasteiger partial charge in [0.1, 0.15) is 5.76 Å². The predicted molar refractivity (Wildman–Crippen MR) is 114 cm³/mol. The lowest BCUT2D eigenvalue weighted by molar-refractivity contribution is -0.132. The van der Waals surface area contributed by atoms with Crippen molar-refractivity contribution in [1.82, 2.24) is 19.8 Å². The number of oxazole rings is 1. The van der Waals surface area contributed by atoms with E-state index in [1.54, 1.807) is 11.3 Å². The summed E-state index contributed by atoms with van der Waals surface area (Å²) < 4.78 is 5.79. The molecule has 1 aliphatic heterocycles. The van der Waals surface area contributed by atoms with Crippen molar-refractivity contribution >= 4 is 17.2 Å². The van der Waals surface area contributed by atoms with Crippen molar-refractivity contribution in [2.45, 2.75) is 33.2 Å². The van der Waals surface area contributed by atoms with Crippen molar-refractivity contribution in [3.05, 3.63) is 57.9 Å². The molecule has 0 bridgehead atoms. The van der Waals surface area contributed by atoms with E-state index in [0.29, 0.717) is 11.7 Å². The minimum Gasteiger partial charge on any atom is -0.441 e. The fourth-order valence-electron chi connectivity index (χ4n) is 3.52. The molecule has 1 saturated heterocycles. The maximum atomic E-state index is 12.8. The molecule has 29 heavy (non-hydrogen) atoms. The van der Waals surface area contributed by atoms with E-state index in [9.17, 15) is 4.79 Å². The Kier molecular flexibility index (Phi) is 6.06. The number of hydrogen-bond donors (Lipinski definition) is 0. The Morgan fingerprint density at radius 3 is 2.59 bits per heavy atom. The third-order valence-electron chi connectivity index (χ3n) is 5.24. The number of rotatable bonds is 6. The van der Waals surface area contributed by atoms with Crippen LogP contribution in [0, 0.1) is 6.92 Å². The summed E-state index contributed by atoms with van der Waals surface area (Å²) in [4.78, 5) is 26.3. The van der Waals surface area contributed by atoms with E-state index in [1.165, 1.54) is 5.01 Å². The highest BCUT2D eigenvalue weighted by molar-refractivity contribution is 7.09. The van der Waals surface area contributed by atoms with Crippen LogP contribution in [0.5, 0.6) is 0 Å². The first-order valence-electron chi connectivity index (χ1n) is 10.1. The topological polar surface area (TPSA) is 62.5 Å². The molecule has 3 heterocycles. The fraction of sp³-hybridized carbons (Fsp3) is 0.409. The number of benzene rings is 1. The van der Waals surface area contributed by atoms with Crippen molar-refractivity contribution in [3.63, 3.8) is 0 Å². The van der Waals surface area contributed by atoms with Crippen LogP contribution in [0.1, 0.15) is 29.1 Å². The Bertz CT molecular complexity index is 958. The van der Waals surface area contributed by atoms with Gasteiger partial charge in [-0.3, -0.25) is 9.69 Å². The molecule has 0 aliphatic carbocycles. The maximum absolute atomic E-state index is 12.8. The smallest absolute Gasteiger partial charge is 0.228 e. The van der Waals surface area contributed by atoms with Gasteiger partial charge in [-0.05, 0) is 25.5 Å². The summed E-state index contributed by atoms with van der Waals surface area (Å²) in [6, 6.07) is 9.78. The summed E-state index contributed by atoms with van der Waals surface area (Å²) in [6.45, 7) is 8.10. The first-order chi connectivity index (χ1) is 14.1. The summed E-state index contributed by atoms with van der Waals surface area (Å²) in [5, 5.41) is 3.33. The second-order valence-electron chi connectivity index (χ2n) is 7.31. The number of aromatic nitrogens is 2. The Labute approximate surface area is 175 Å². The normalized spacial score (nSPS) is 15.0. The van der Waals surface area contributed by atoms with Crippen LogP contribution in [0.25, 0.3) is 11.5 Å². The number of thiazole rings is 1. The largest absolute Gasteiger partial charge is 0.441 e. The molecular formula is C22H26N4O2S. The van der Waals surface area contributed by atoms with Gasteiger partial charge in [0.2, 0.25) is 11.8 Å². The van der Waals surface area contributed by atoms with E-state index in [-0.39, 0.29) is 12.3 Å². The van der Waals surface area contributed by atoms with Gasteiger partial charge < -0.3 is 9.32 Å². The van der Waals surface area contributed by atoms with Gasteiger partial charge in [0.05, 0.1) is 22.8 Å². The molecule has 1 aromatic carbocycles. The van der Waals surface area contributed by atoms with E-state index in [1.807, 2.05) is 42.2 Å². The second kappa shape index (κ2) is 8.88. The SMILES string of the molecule is CCc1nc(CN2CCN(C(=O)Cc3nc(-c4ccccc4)oc3C)CC2)cs1. The molecule has 0 N–H and O–H groups in total. The van der Waals surface area contributed by atoms with Crippen molar-refractivity contribution in [3.8, 4) is 11.5 Å². The number of nitrogens with zero attached hydrogens (tertiary/aromatic N) is 4. The Balaban J connectivity index is 1.31. The molecule has 0 unspecified atom stereocenters. The summed E-state index contributed by atoms with van der Waals surface area (Å²) in [7, 11) is 0. The number of amides is 1. The van der Waals surface area contributed by atoms with Gasteiger partial charge in [-0.1, -0.05) is 25.1 Å². The summed E-state index contributed by atoms with van der Waals surface area (Å²) in [6.07, 6.45) is 1.27. The van der Waals surface area contributed by atoms with Crippen molar-refractivity contribution < 1.29 is 9.21 Å². The highest BCUT2D eigenvalue weighted by Crippen LogP contribution is 2.22. The molecule has 1 aliphatic rings. The molecule has 0 saturated carbocycles. The van der Waals surface area contributed by atoms with Gasteiger partial charge in [0.25, 0.3) is 0 Å².